The van der Waals surface area contributed by atoms with Crippen molar-refractivity contribution in [2.75, 3.05) is 0 Å². The van der Waals surface area contributed by atoms with Crippen LogP contribution in [0.4, 0.5) is 0 Å². The van der Waals surface area contributed by atoms with Crippen LogP contribution >= 0.6 is 7.49 Å². The molecule has 0 unspecified atom stereocenters. The average Bonchev–Trinajstić information content (AvgIpc) is 3.26. The van der Waals surface area contributed by atoms with E-state index in [0.717, 1.165) is 92.9 Å². The van der Waals surface area contributed by atoms with Gasteiger partial charge in [0.25, 0.3) is 0 Å². The topological polar surface area (TPSA) is 46.0 Å². The van der Waals surface area contributed by atoms with Crippen molar-refractivity contribution in [1.29, 1.82) is 0 Å². The second-order valence-electron chi connectivity index (χ2n) is 13.9. The first-order valence-electron chi connectivity index (χ1n) is 18.3. The number of benzene rings is 8. The van der Waals surface area contributed by atoms with Gasteiger partial charge in [0, 0.05) is 10.9 Å². The molecule has 0 bridgehead atoms. The summed E-state index contributed by atoms with van der Waals surface area (Å²) in [5, 5.41) is 9.51. The molecule has 2 heterocycles. The van der Waals surface area contributed by atoms with Gasteiger partial charge in [-0.05, 0) is 6.07 Å². The third-order valence-electron chi connectivity index (χ3n) is 10.7. The maximum absolute atomic E-state index is 12.6. The van der Waals surface area contributed by atoms with Crippen LogP contribution < -0.4 is 15.9 Å². The van der Waals surface area contributed by atoms with E-state index < -0.39 is 7.49 Å². The predicted molar refractivity (Wildman–Crippen MR) is 231 cm³/mol. The SMILES string of the molecule is O[PH](c1ccccc1)(c1ccccc1)c1ccc2cc(-c3ccc4c(c3)nc(-c3ccccc3)c3c4ccc4ccc(-c5ccccc5)nc43)ccc2c1. The maximum atomic E-state index is 12.6. The molecular formula is C50H35N2OP. The van der Waals surface area contributed by atoms with Gasteiger partial charge in [0.2, 0.25) is 0 Å². The van der Waals surface area contributed by atoms with Gasteiger partial charge < -0.3 is 0 Å². The first kappa shape index (κ1) is 32.2. The van der Waals surface area contributed by atoms with E-state index in [1.54, 1.807) is 0 Å². The summed E-state index contributed by atoms with van der Waals surface area (Å²) in [6.45, 7) is 0. The van der Waals surface area contributed by atoms with Crippen LogP contribution in [-0.2, 0) is 0 Å². The van der Waals surface area contributed by atoms with Gasteiger partial charge in [0.1, 0.15) is 0 Å². The number of aromatic nitrogens is 2. The fourth-order valence-corrected chi connectivity index (χ4v) is 11.0. The molecule has 0 saturated carbocycles. The standard InChI is InChI=1S/C50H35N2OP/c53-54(41-17-9-3-10-18-41,42-19-11-4-12-20-42)43-27-23-38-31-37(21-22-39(38)32-43)40-25-28-44-45-29-24-36-26-30-46(34-13-5-1-6-14-34)51-50(36)48(45)49(52-47(44)33-40)35-15-7-2-8-16-35/h1-33,53-54H. The molecule has 3 nitrogen and oxygen atoms in total. The third-order valence-corrected chi connectivity index (χ3v) is 14.2. The van der Waals surface area contributed by atoms with Crippen LogP contribution in [0, 0.1) is 0 Å². The summed E-state index contributed by atoms with van der Waals surface area (Å²) in [6.07, 6.45) is 0. The number of hydrogen-bond acceptors (Lipinski definition) is 3. The molecule has 4 heteroatoms. The number of nitrogens with zero attached hydrogens (tertiary/aromatic N) is 2. The Balaban J connectivity index is 1.11. The van der Waals surface area contributed by atoms with Gasteiger partial charge in [-0.3, -0.25) is 0 Å². The van der Waals surface area contributed by atoms with E-state index in [-0.39, 0.29) is 0 Å². The van der Waals surface area contributed by atoms with Gasteiger partial charge in [-0.25, -0.2) is 4.98 Å². The van der Waals surface area contributed by atoms with E-state index >= 15 is 0 Å². The summed E-state index contributed by atoms with van der Waals surface area (Å²) >= 11 is 0. The first-order chi connectivity index (χ1) is 26.6. The van der Waals surface area contributed by atoms with Crippen molar-refractivity contribution < 1.29 is 4.89 Å². The van der Waals surface area contributed by atoms with Gasteiger partial charge in [-0.15, -0.1) is 0 Å². The summed E-state index contributed by atoms with van der Waals surface area (Å²) in [5.41, 5.74) is 8.14. The molecule has 0 aliphatic carbocycles. The van der Waals surface area contributed by atoms with E-state index in [1.807, 2.05) is 72.8 Å². The molecule has 8 aromatic carbocycles. The van der Waals surface area contributed by atoms with Crippen molar-refractivity contribution in [3.8, 4) is 33.6 Å². The quantitative estimate of drug-likeness (QED) is 0.138. The van der Waals surface area contributed by atoms with Crippen LogP contribution in [0.1, 0.15) is 0 Å². The van der Waals surface area contributed by atoms with E-state index in [2.05, 4.69) is 127 Å². The molecule has 10 rings (SSSR count). The second kappa shape index (κ2) is 13.2. The molecule has 0 fully saturated rings. The Kier molecular flexibility index (Phi) is 7.84. The summed E-state index contributed by atoms with van der Waals surface area (Å²) in [4.78, 5) is 23.2. The van der Waals surface area contributed by atoms with Crippen molar-refractivity contribution in [1.82, 2.24) is 9.97 Å². The zero-order valence-corrected chi connectivity index (χ0v) is 30.4. The van der Waals surface area contributed by atoms with Crippen molar-refractivity contribution in [3.63, 3.8) is 0 Å². The Morgan fingerprint density at radius 3 is 1.61 bits per heavy atom. The summed E-state index contributed by atoms with van der Waals surface area (Å²) < 4.78 is 0. The Morgan fingerprint density at radius 2 is 0.907 bits per heavy atom. The molecule has 0 spiro atoms. The Labute approximate surface area is 314 Å². The van der Waals surface area contributed by atoms with Crippen LogP contribution in [0.25, 0.3) is 77.0 Å². The molecule has 2 aromatic heterocycles. The van der Waals surface area contributed by atoms with E-state index in [9.17, 15) is 4.89 Å². The van der Waals surface area contributed by atoms with Crippen molar-refractivity contribution in [3.05, 3.63) is 200 Å². The fraction of sp³-hybridized carbons (Fsp3) is 0. The number of hydrogen-bond donors (Lipinski definition) is 1. The minimum absolute atomic E-state index is 0.929. The minimum atomic E-state index is -3.21. The zero-order chi connectivity index (χ0) is 36.1. The Bertz CT molecular complexity index is 2950. The predicted octanol–water partition coefficient (Wildman–Crippen LogP) is 11.0. The van der Waals surface area contributed by atoms with Crippen molar-refractivity contribution >= 4 is 66.8 Å². The molecule has 10 aromatic rings. The third kappa shape index (κ3) is 5.45. The Hall–Kier alpha value is -6.51. The van der Waals surface area contributed by atoms with Gasteiger partial charge in [-0.1, -0.05) is 72.8 Å². The summed E-state index contributed by atoms with van der Waals surface area (Å²) in [5.74, 6) is 0. The van der Waals surface area contributed by atoms with Crippen LogP contribution in [0.5, 0.6) is 0 Å². The van der Waals surface area contributed by atoms with Gasteiger partial charge in [0.05, 0.1) is 11.2 Å². The zero-order valence-electron chi connectivity index (χ0n) is 29.4. The molecule has 0 atom stereocenters. The van der Waals surface area contributed by atoms with Gasteiger partial charge in [0.15, 0.2) is 0 Å². The van der Waals surface area contributed by atoms with E-state index in [4.69, 9.17) is 9.97 Å². The molecule has 1 N–H and O–H groups in total. The van der Waals surface area contributed by atoms with Crippen LogP contribution in [0.3, 0.4) is 0 Å². The monoisotopic (exact) mass is 710 g/mol. The summed E-state index contributed by atoms with van der Waals surface area (Å²) in [7, 11) is -3.21. The normalized spacial score (nSPS) is 12.1. The van der Waals surface area contributed by atoms with Gasteiger partial charge >= 0.3 is 209 Å². The van der Waals surface area contributed by atoms with Crippen LogP contribution in [-0.4, -0.2) is 14.9 Å². The van der Waals surface area contributed by atoms with E-state index in [0.29, 0.717) is 0 Å². The second-order valence-corrected chi connectivity index (χ2v) is 17.1. The van der Waals surface area contributed by atoms with Gasteiger partial charge in [-0.2, -0.15) is 0 Å². The fourth-order valence-electron chi connectivity index (χ4n) is 7.94. The van der Waals surface area contributed by atoms with E-state index in [1.165, 1.54) is 0 Å². The van der Waals surface area contributed by atoms with Crippen LogP contribution in [0.2, 0.25) is 0 Å². The average molecular weight is 711 g/mol. The molecule has 256 valence electrons. The van der Waals surface area contributed by atoms with Crippen molar-refractivity contribution in [2.45, 2.75) is 0 Å². The summed E-state index contributed by atoms with van der Waals surface area (Å²) in [6, 6.07) is 69.4. The van der Waals surface area contributed by atoms with Crippen molar-refractivity contribution in [2.24, 2.45) is 0 Å². The number of rotatable bonds is 6. The number of pyridine rings is 2. The molecule has 0 aliphatic rings. The molecule has 0 aliphatic heterocycles. The first-order valence-corrected chi connectivity index (χ1v) is 20.2. The molecule has 0 amide bonds. The Morgan fingerprint density at radius 1 is 0.370 bits per heavy atom. The molecule has 54 heavy (non-hydrogen) atoms. The molecule has 0 saturated heterocycles. The number of fused-ring (bicyclic) bond motifs is 6. The molecule has 0 radical (unpaired) electrons. The molecular weight excluding hydrogens is 676 g/mol. The van der Waals surface area contributed by atoms with Crippen LogP contribution in [0.15, 0.2) is 200 Å².